The summed E-state index contributed by atoms with van der Waals surface area (Å²) in [5.41, 5.74) is 4.16. The molecule has 0 aliphatic carbocycles. The summed E-state index contributed by atoms with van der Waals surface area (Å²) in [7, 11) is 1.56. The Morgan fingerprint density at radius 1 is 1.08 bits per heavy atom. The number of aromatic nitrogens is 1. The Morgan fingerprint density at radius 3 is 2.58 bits per heavy atom. The van der Waals surface area contributed by atoms with Gasteiger partial charge in [-0.05, 0) is 42.5 Å². The van der Waals surface area contributed by atoms with E-state index in [2.05, 4.69) is 15.6 Å². The van der Waals surface area contributed by atoms with Gasteiger partial charge in [-0.15, -0.1) is 11.3 Å². The molecule has 0 radical (unpaired) electrons. The lowest BCUT2D eigenvalue weighted by molar-refractivity contribution is 0.0961. The van der Waals surface area contributed by atoms with Crippen LogP contribution in [0.3, 0.4) is 0 Å². The van der Waals surface area contributed by atoms with E-state index in [1.54, 1.807) is 61.1 Å². The predicted octanol–water partition coefficient (Wildman–Crippen LogP) is 3.33. The van der Waals surface area contributed by atoms with Crippen molar-refractivity contribution in [1.29, 1.82) is 0 Å². The van der Waals surface area contributed by atoms with E-state index in [0.717, 1.165) is 5.69 Å². The first-order valence-corrected chi connectivity index (χ1v) is 8.83. The van der Waals surface area contributed by atoms with Gasteiger partial charge in [0.2, 0.25) is 0 Å². The molecule has 0 spiro atoms. The van der Waals surface area contributed by atoms with Crippen molar-refractivity contribution in [1.82, 2.24) is 10.3 Å². The monoisotopic (exact) mass is 367 g/mol. The fourth-order valence-corrected chi connectivity index (χ4v) is 2.80. The summed E-state index contributed by atoms with van der Waals surface area (Å²) in [4.78, 5) is 28.2. The van der Waals surface area contributed by atoms with Crippen LogP contribution in [0, 0.1) is 0 Å². The molecule has 6 nitrogen and oxygen atoms in total. The Kier molecular flexibility index (Phi) is 5.60. The zero-order valence-electron chi connectivity index (χ0n) is 14.1. The van der Waals surface area contributed by atoms with Crippen LogP contribution in [-0.4, -0.2) is 23.8 Å². The Balaban J connectivity index is 1.62. The van der Waals surface area contributed by atoms with Crippen LogP contribution < -0.4 is 15.4 Å². The van der Waals surface area contributed by atoms with Gasteiger partial charge in [0.1, 0.15) is 12.4 Å². The molecule has 1 aromatic heterocycles. The van der Waals surface area contributed by atoms with Gasteiger partial charge in [0.25, 0.3) is 11.8 Å². The Labute approximate surface area is 154 Å². The van der Waals surface area contributed by atoms with Gasteiger partial charge in [-0.25, -0.2) is 4.98 Å². The van der Waals surface area contributed by atoms with E-state index in [1.807, 2.05) is 5.38 Å². The minimum atomic E-state index is -0.259. The number of hydrogen-bond donors (Lipinski definition) is 2. The van der Waals surface area contributed by atoms with Crippen molar-refractivity contribution in [2.24, 2.45) is 0 Å². The van der Waals surface area contributed by atoms with E-state index in [-0.39, 0.29) is 11.8 Å². The van der Waals surface area contributed by atoms with Gasteiger partial charge < -0.3 is 15.4 Å². The molecular weight excluding hydrogens is 350 g/mol. The molecule has 0 fully saturated rings. The SMILES string of the molecule is CNC(=O)c1cccc(NC(=O)c2ccc(OCc3cscn3)cc2)c1. The standard InChI is InChI=1S/C19H17N3O3S/c1-20-18(23)14-3-2-4-15(9-14)22-19(24)13-5-7-17(8-6-13)25-10-16-11-26-12-21-16/h2-9,11-12H,10H2,1H3,(H,20,23)(H,22,24). The summed E-state index contributed by atoms with van der Waals surface area (Å²) in [6, 6.07) is 13.6. The quantitative estimate of drug-likeness (QED) is 0.700. The third-order valence-electron chi connectivity index (χ3n) is 3.60. The average molecular weight is 367 g/mol. The molecule has 2 aromatic carbocycles. The van der Waals surface area contributed by atoms with Gasteiger partial charge in [0, 0.05) is 29.2 Å². The highest BCUT2D eigenvalue weighted by Crippen LogP contribution is 2.16. The van der Waals surface area contributed by atoms with Gasteiger partial charge in [-0.1, -0.05) is 6.07 Å². The molecule has 0 aliphatic rings. The Hall–Kier alpha value is -3.19. The van der Waals surface area contributed by atoms with E-state index in [9.17, 15) is 9.59 Å². The molecule has 0 saturated carbocycles. The van der Waals surface area contributed by atoms with Crippen molar-refractivity contribution < 1.29 is 14.3 Å². The van der Waals surface area contributed by atoms with Crippen LogP contribution >= 0.6 is 11.3 Å². The van der Waals surface area contributed by atoms with Gasteiger partial charge in [-0.2, -0.15) is 0 Å². The third-order valence-corrected chi connectivity index (χ3v) is 4.23. The lowest BCUT2D eigenvalue weighted by atomic mass is 10.1. The van der Waals surface area contributed by atoms with Gasteiger partial charge >= 0.3 is 0 Å². The number of rotatable bonds is 6. The summed E-state index contributed by atoms with van der Waals surface area (Å²) in [6.07, 6.45) is 0. The highest BCUT2D eigenvalue weighted by Gasteiger charge is 2.09. The molecule has 2 amide bonds. The molecular formula is C19H17N3O3S. The fourth-order valence-electron chi connectivity index (χ4n) is 2.25. The number of nitrogens with one attached hydrogen (secondary N) is 2. The normalized spacial score (nSPS) is 10.2. The number of amides is 2. The van der Waals surface area contributed by atoms with Crippen LogP contribution in [-0.2, 0) is 6.61 Å². The lowest BCUT2D eigenvalue weighted by Crippen LogP contribution is -2.18. The maximum absolute atomic E-state index is 12.4. The minimum Gasteiger partial charge on any atom is -0.487 e. The number of carbonyl (C=O) groups is 2. The first-order chi connectivity index (χ1) is 12.7. The second-order valence-corrected chi connectivity index (χ2v) is 6.13. The van der Waals surface area contributed by atoms with Gasteiger partial charge in [-0.3, -0.25) is 9.59 Å². The van der Waals surface area contributed by atoms with Crippen molar-refractivity contribution in [3.8, 4) is 5.75 Å². The van der Waals surface area contributed by atoms with E-state index in [0.29, 0.717) is 29.2 Å². The van der Waals surface area contributed by atoms with E-state index in [1.165, 1.54) is 11.3 Å². The van der Waals surface area contributed by atoms with E-state index < -0.39 is 0 Å². The lowest BCUT2D eigenvalue weighted by Gasteiger charge is -2.08. The summed E-state index contributed by atoms with van der Waals surface area (Å²) in [5, 5.41) is 7.26. The highest BCUT2D eigenvalue weighted by molar-refractivity contribution is 7.07. The molecule has 0 atom stereocenters. The fraction of sp³-hybridized carbons (Fsp3) is 0.105. The summed E-state index contributed by atoms with van der Waals surface area (Å²) in [5.74, 6) is 0.198. The molecule has 0 unspecified atom stereocenters. The van der Waals surface area contributed by atoms with Crippen molar-refractivity contribution in [2.75, 3.05) is 12.4 Å². The van der Waals surface area contributed by atoms with E-state index >= 15 is 0 Å². The molecule has 2 N–H and O–H groups in total. The highest BCUT2D eigenvalue weighted by atomic mass is 32.1. The van der Waals surface area contributed by atoms with Crippen LogP contribution in [0.1, 0.15) is 26.4 Å². The maximum atomic E-state index is 12.4. The number of carbonyl (C=O) groups excluding carboxylic acids is 2. The zero-order valence-corrected chi connectivity index (χ0v) is 14.9. The smallest absolute Gasteiger partial charge is 0.255 e. The average Bonchev–Trinajstić information content (AvgIpc) is 3.20. The molecule has 0 saturated heterocycles. The summed E-state index contributed by atoms with van der Waals surface area (Å²) >= 11 is 1.52. The predicted molar refractivity (Wildman–Crippen MR) is 101 cm³/mol. The number of ether oxygens (including phenoxy) is 1. The number of benzene rings is 2. The molecule has 1 heterocycles. The van der Waals surface area contributed by atoms with E-state index in [4.69, 9.17) is 4.74 Å². The topological polar surface area (TPSA) is 80.3 Å². The van der Waals surface area contributed by atoms with Crippen molar-refractivity contribution in [3.05, 3.63) is 76.2 Å². The van der Waals surface area contributed by atoms with Crippen LogP contribution in [0.15, 0.2) is 59.4 Å². The summed E-state index contributed by atoms with van der Waals surface area (Å²) < 4.78 is 5.63. The van der Waals surface area contributed by atoms with Gasteiger partial charge in [0.05, 0.1) is 11.2 Å². The Bertz CT molecular complexity index is 893. The number of anilines is 1. The second-order valence-electron chi connectivity index (χ2n) is 5.41. The van der Waals surface area contributed by atoms with Crippen molar-refractivity contribution >= 4 is 28.8 Å². The molecule has 3 rings (SSSR count). The third kappa shape index (κ3) is 4.46. The molecule has 26 heavy (non-hydrogen) atoms. The van der Waals surface area contributed by atoms with Crippen LogP contribution in [0.25, 0.3) is 0 Å². The molecule has 0 bridgehead atoms. The first-order valence-electron chi connectivity index (χ1n) is 7.89. The minimum absolute atomic E-state index is 0.206. The Morgan fingerprint density at radius 2 is 1.88 bits per heavy atom. The number of nitrogens with zero attached hydrogens (tertiary/aromatic N) is 1. The second kappa shape index (κ2) is 8.26. The summed E-state index contributed by atoms with van der Waals surface area (Å²) in [6.45, 7) is 0.390. The van der Waals surface area contributed by atoms with Crippen LogP contribution in [0.2, 0.25) is 0 Å². The van der Waals surface area contributed by atoms with Gasteiger partial charge in [0.15, 0.2) is 0 Å². The molecule has 0 aliphatic heterocycles. The molecule has 7 heteroatoms. The van der Waals surface area contributed by atoms with Crippen molar-refractivity contribution in [2.45, 2.75) is 6.61 Å². The van der Waals surface area contributed by atoms with Crippen molar-refractivity contribution in [3.63, 3.8) is 0 Å². The molecule has 3 aromatic rings. The van der Waals surface area contributed by atoms with Crippen LogP contribution in [0.4, 0.5) is 5.69 Å². The first kappa shape index (κ1) is 17.6. The molecule has 132 valence electrons. The maximum Gasteiger partial charge on any atom is 0.255 e. The van der Waals surface area contributed by atoms with Crippen LogP contribution in [0.5, 0.6) is 5.75 Å². The zero-order chi connectivity index (χ0) is 18.4. The number of hydrogen-bond acceptors (Lipinski definition) is 5. The number of thiazole rings is 1. The largest absolute Gasteiger partial charge is 0.487 e.